The highest BCUT2D eigenvalue weighted by atomic mass is 16.5. The fraction of sp³-hybridized carbons (Fsp3) is 1.00. The summed E-state index contributed by atoms with van der Waals surface area (Å²) < 4.78 is 10.5. The number of methoxy groups -OCH3 is 1. The number of hydrogen-bond acceptors (Lipinski definition) is 4. The summed E-state index contributed by atoms with van der Waals surface area (Å²) in [5.41, 5.74) is 5.81. The lowest BCUT2D eigenvalue weighted by Gasteiger charge is -2.36. The summed E-state index contributed by atoms with van der Waals surface area (Å²) in [4.78, 5) is 2.35. The molecule has 0 fully saturated rings. The van der Waals surface area contributed by atoms with Crippen molar-refractivity contribution in [3.63, 3.8) is 0 Å². The van der Waals surface area contributed by atoms with Crippen molar-refractivity contribution < 1.29 is 9.47 Å². The molecule has 0 unspecified atom stereocenters. The van der Waals surface area contributed by atoms with Crippen LogP contribution < -0.4 is 5.73 Å². The van der Waals surface area contributed by atoms with Crippen LogP contribution in [-0.2, 0) is 9.47 Å². The van der Waals surface area contributed by atoms with Crippen molar-refractivity contribution in [2.45, 2.75) is 32.7 Å². The van der Waals surface area contributed by atoms with Crippen LogP contribution in [0.2, 0.25) is 0 Å². The molecule has 0 heterocycles. The zero-order valence-electron chi connectivity index (χ0n) is 11.3. The Kier molecular flexibility index (Phi) is 8.84. The van der Waals surface area contributed by atoms with Crippen molar-refractivity contribution in [3.05, 3.63) is 0 Å². The Morgan fingerprint density at radius 1 is 1.19 bits per heavy atom. The predicted molar refractivity (Wildman–Crippen MR) is 67.7 cm³/mol. The SMILES string of the molecule is CCN(CCOCCCOC)C(C)(C)CN. The van der Waals surface area contributed by atoms with Crippen molar-refractivity contribution in [1.29, 1.82) is 0 Å². The summed E-state index contributed by atoms with van der Waals surface area (Å²) in [6.07, 6.45) is 0.961. The largest absolute Gasteiger partial charge is 0.385 e. The molecule has 0 amide bonds. The molecular formula is C12H28N2O2. The van der Waals surface area contributed by atoms with Crippen molar-refractivity contribution >= 4 is 0 Å². The monoisotopic (exact) mass is 232 g/mol. The van der Waals surface area contributed by atoms with Crippen LogP contribution in [0.15, 0.2) is 0 Å². The summed E-state index contributed by atoms with van der Waals surface area (Å²) in [6.45, 7) is 11.4. The minimum atomic E-state index is 0.0602. The summed E-state index contributed by atoms with van der Waals surface area (Å²) in [6, 6.07) is 0. The fourth-order valence-corrected chi connectivity index (χ4v) is 1.60. The van der Waals surface area contributed by atoms with E-state index in [0.29, 0.717) is 6.54 Å². The maximum atomic E-state index is 5.75. The molecule has 0 saturated heterocycles. The number of likely N-dealkylation sites (N-methyl/N-ethyl adjacent to an activating group) is 1. The van der Waals surface area contributed by atoms with Gasteiger partial charge in [0.05, 0.1) is 6.61 Å². The van der Waals surface area contributed by atoms with E-state index >= 15 is 0 Å². The molecule has 0 aliphatic rings. The number of nitrogens with two attached hydrogens (primary N) is 1. The smallest absolute Gasteiger partial charge is 0.0593 e. The van der Waals surface area contributed by atoms with Gasteiger partial charge in [0, 0.05) is 39.0 Å². The van der Waals surface area contributed by atoms with Crippen LogP contribution in [0.4, 0.5) is 0 Å². The Hall–Kier alpha value is -0.160. The lowest BCUT2D eigenvalue weighted by Crippen LogP contribution is -2.50. The molecule has 0 rings (SSSR count). The van der Waals surface area contributed by atoms with Crippen molar-refractivity contribution in [2.75, 3.05) is 46.6 Å². The van der Waals surface area contributed by atoms with Gasteiger partial charge in [-0.1, -0.05) is 6.92 Å². The van der Waals surface area contributed by atoms with Gasteiger partial charge in [0.25, 0.3) is 0 Å². The minimum Gasteiger partial charge on any atom is -0.385 e. The van der Waals surface area contributed by atoms with Crippen LogP contribution in [0.25, 0.3) is 0 Å². The van der Waals surface area contributed by atoms with E-state index in [1.807, 2.05) is 0 Å². The molecule has 0 atom stereocenters. The molecular weight excluding hydrogens is 204 g/mol. The van der Waals surface area contributed by atoms with E-state index in [4.69, 9.17) is 15.2 Å². The molecule has 0 aromatic rings. The molecule has 4 nitrogen and oxygen atoms in total. The predicted octanol–water partition coefficient (Wildman–Crippen LogP) is 1.10. The Balaban J connectivity index is 3.64. The standard InChI is InChI=1S/C12H28N2O2/c1-5-14(12(2,3)11-13)7-10-16-9-6-8-15-4/h5-11,13H2,1-4H3. The molecule has 0 saturated carbocycles. The Bertz CT molecular complexity index is 163. The summed E-state index contributed by atoms with van der Waals surface area (Å²) in [5.74, 6) is 0. The molecule has 98 valence electrons. The topological polar surface area (TPSA) is 47.7 Å². The second-order valence-corrected chi connectivity index (χ2v) is 4.55. The van der Waals surface area contributed by atoms with Gasteiger partial charge in [-0.3, -0.25) is 4.90 Å². The van der Waals surface area contributed by atoms with E-state index in [-0.39, 0.29) is 5.54 Å². The van der Waals surface area contributed by atoms with Gasteiger partial charge in [0.1, 0.15) is 0 Å². The number of ether oxygens (including phenoxy) is 2. The second kappa shape index (κ2) is 8.93. The first-order valence-electron chi connectivity index (χ1n) is 6.10. The van der Waals surface area contributed by atoms with Crippen molar-refractivity contribution in [1.82, 2.24) is 4.90 Å². The molecule has 2 N–H and O–H groups in total. The van der Waals surface area contributed by atoms with E-state index in [1.54, 1.807) is 7.11 Å². The zero-order valence-corrected chi connectivity index (χ0v) is 11.3. The first-order chi connectivity index (χ1) is 7.58. The van der Waals surface area contributed by atoms with E-state index in [2.05, 4.69) is 25.7 Å². The Labute approximate surface area is 100 Å². The molecule has 0 radical (unpaired) electrons. The third-order valence-electron chi connectivity index (χ3n) is 2.88. The fourth-order valence-electron chi connectivity index (χ4n) is 1.60. The van der Waals surface area contributed by atoms with Crippen molar-refractivity contribution in [3.8, 4) is 0 Å². The number of hydrogen-bond donors (Lipinski definition) is 1. The quantitative estimate of drug-likeness (QED) is 0.573. The summed E-state index contributed by atoms with van der Waals surface area (Å²) >= 11 is 0. The highest BCUT2D eigenvalue weighted by Crippen LogP contribution is 2.11. The Morgan fingerprint density at radius 3 is 2.38 bits per heavy atom. The highest BCUT2D eigenvalue weighted by Gasteiger charge is 2.22. The minimum absolute atomic E-state index is 0.0602. The summed E-state index contributed by atoms with van der Waals surface area (Å²) in [7, 11) is 1.71. The molecule has 0 aromatic carbocycles. The van der Waals surface area contributed by atoms with Crippen LogP contribution in [0.1, 0.15) is 27.2 Å². The van der Waals surface area contributed by atoms with Gasteiger partial charge in [-0.25, -0.2) is 0 Å². The average molecular weight is 232 g/mol. The highest BCUT2D eigenvalue weighted by molar-refractivity contribution is 4.81. The molecule has 0 bridgehead atoms. The Morgan fingerprint density at radius 2 is 1.88 bits per heavy atom. The van der Waals surface area contributed by atoms with Crippen LogP contribution in [0, 0.1) is 0 Å². The number of rotatable bonds is 10. The molecule has 0 aromatic heterocycles. The maximum Gasteiger partial charge on any atom is 0.0593 e. The van der Waals surface area contributed by atoms with E-state index < -0.39 is 0 Å². The van der Waals surface area contributed by atoms with E-state index in [0.717, 1.165) is 39.3 Å². The molecule has 4 heteroatoms. The zero-order chi connectivity index (χ0) is 12.4. The lowest BCUT2D eigenvalue weighted by atomic mass is 10.0. The van der Waals surface area contributed by atoms with Crippen molar-refractivity contribution in [2.24, 2.45) is 5.73 Å². The van der Waals surface area contributed by atoms with E-state index in [9.17, 15) is 0 Å². The third kappa shape index (κ3) is 6.43. The van der Waals surface area contributed by atoms with Gasteiger partial charge < -0.3 is 15.2 Å². The molecule has 0 spiro atoms. The van der Waals surface area contributed by atoms with Gasteiger partial charge in [0.15, 0.2) is 0 Å². The van der Waals surface area contributed by atoms with Crippen LogP contribution in [0.3, 0.4) is 0 Å². The third-order valence-corrected chi connectivity index (χ3v) is 2.88. The van der Waals surface area contributed by atoms with E-state index in [1.165, 1.54) is 0 Å². The van der Waals surface area contributed by atoms with Crippen LogP contribution in [0.5, 0.6) is 0 Å². The summed E-state index contributed by atoms with van der Waals surface area (Å²) in [5, 5.41) is 0. The first kappa shape index (κ1) is 15.8. The van der Waals surface area contributed by atoms with Gasteiger partial charge in [-0.05, 0) is 26.8 Å². The number of nitrogens with zero attached hydrogens (tertiary/aromatic N) is 1. The lowest BCUT2D eigenvalue weighted by molar-refractivity contribution is 0.0551. The second-order valence-electron chi connectivity index (χ2n) is 4.55. The maximum absolute atomic E-state index is 5.75. The van der Waals surface area contributed by atoms with Crippen LogP contribution in [-0.4, -0.2) is 57.0 Å². The average Bonchev–Trinajstić information content (AvgIpc) is 2.28. The molecule has 0 aliphatic carbocycles. The van der Waals surface area contributed by atoms with Crippen LogP contribution >= 0.6 is 0 Å². The molecule has 16 heavy (non-hydrogen) atoms. The first-order valence-corrected chi connectivity index (χ1v) is 6.10. The van der Waals surface area contributed by atoms with Gasteiger partial charge in [-0.15, -0.1) is 0 Å². The van der Waals surface area contributed by atoms with Gasteiger partial charge in [-0.2, -0.15) is 0 Å². The van der Waals surface area contributed by atoms with Gasteiger partial charge in [0.2, 0.25) is 0 Å². The molecule has 0 aliphatic heterocycles. The normalized spacial score (nSPS) is 12.4. The van der Waals surface area contributed by atoms with Gasteiger partial charge >= 0.3 is 0 Å².